The van der Waals surface area contributed by atoms with Crippen LogP contribution in [0.25, 0.3) is 11.0 Å². The number of aromatic nitrogens is 2. The largest absolute Gasteiger partial charge is 0.462 e. The van der Waals surface area contributed by atoms with E-state index in [0.29, 0.717) is 24.2 Å². The number of rotatable bonds is 4. The zero-order valence-electron chi connectivity index (χ0n) is 11.2. The first kappa shape index (κ1) is 14.0. The van der Waals surface area contributed by atoms with Gasteiger partial charge >= 0.3 is 5.97 Å². The number of fused-ring (bicyclic) bond motifs is 1. The van der Waals surface area contributed by atoms with Crippen LogP contribution in [0.4, 0.5) is 0 Å². The maximum absolute atomic E-state index is 12.1. The van der Waals surface area contributed by atoms with Crippen LogP contribution in [0.3, 0.4) is 0 Å². The van der Waals surface area contributed by atoms with Gasteiger partial charge in [0, 0.05) is 30.0 Å². The summed E-state index contributed by atoms with van der Waals surface area (Å²) in [6.45, 7) is 2.73. The van der Waals surface area contributed by atoms with E-state index in [9.17, 15) is 4.79 Å². The van der Waals surface area contributed by atoms with E-state index in [0.717, 1.165) is 15.7 Å². The average Bonchev–Trinajstić information content (AvgIpc) is 2.64. The molecule has 0 atom stereocenters. The topological polar surface area (TPSA) is 56.1 Å². The van der Waals surface area contributed by atoms with Gasteiger partial charge in [-0.15, -0.1) is 0 Å². The number of pyridine rings is 1. The summed E-state index contributed by atoms with van der Waals surface area (Å²) in [7, 11) is 3.77. The average molecular weight is 326 g/mol. The maximum Gasteiger partial charge on any atom is 0.342 e. The molecule has 1 N–H and O–H groups in total. The van der Waals surface area contributed by atoms with E-state index >= 15 is 0 Å². The lowest BCUT2D eigenvalue weighted by atomic mass is 10.2. The molecule has 5 nitrogen and oxygen atoms in total. The highest BCUT2D eigenvalue weighted by Gasteiger charge is 2.22. The summed E-state index contributed by atoms with van der Waals surface area (Å²) < 4.78 is 7.98. The third-order valence-electron chi connectivity index (χ3n) is 2.95. The van der Waals surface area contributed by atoms with Crippen molar-refractivity contribution in [2.75, 3.05) is 13.7 Å². The Balaban J connectivity index is 2.70. The second-order valence-electron chi connectivity index (χ2n) is 4.15. The lowest BCUT2D eigenvalue weighted by Crippen LogP contribution is -2.14. The van der Waals surface area contributed by atoms with Gasteiger partial charge in [0.25, 0.3) is 0 Å². The Morgan fingerprint density at radius 1 is 1.58 bits per heavy atom. The Morgan fingerprint density at radius 3 is 2.95 bits per heavy atom. The molecule has 2 heterocycles. The summed E-state index contributed by atoms with van der Waals surface area (Å²) in [5.41, 5.74) is 3.00. The Bertz CT molecular complexity index is 622. The fourth-order valence-electron chi connectivity index (χ4n) is 2.12. The van der Waals surface area contributed by atoms with Crippen LogP contribution < -0.4 is 5.32 Å². The molecule has 0 fully saturated rings. The fraction of sp³-hybridized carbons (Fsp3) is 0.385. The van der Waals surface area contributed by atoms with E-state index in [4.69, 9.17) is 4.74 Å². The molecule has 0 amide bonds. The number of hydrogen-bond donors (Lipinski definition) is 1. The van der Waals surface area contributed by atoms with Crippen molar-refractivity contribution in [3.05, 3.63) is 28.0 Å². The first-order valence-electron chi connectivity index (χ1n) is 6.04. The van der Waals surface area contributed by atoms with Gasteiger partial charge in [-0.05, 0) is 36.0 Å². The highest BCUT2D eigenvalue weighted by atomic mass is 79.9. The molecule has 2 aromatic rings. The molecule has 0 aromatic carbocycles. The summed E-state index contributed by atoms with van der Waals surface area (Å²) in [4.78, 5) is 16.5. The van der Waals surface area contributed by atoms with Gasteiger partial charge in [0.05, 0.1) is 12.1 Å². The molecule has 2 rings (SSSR count). The molecule has 0 aliphatic heterocycles. The number of aryl methyl sites for hydroxylation is 1. The smallest absolute Gasteiger partial charge is 0.342 e. The molecular weight excluding hydrogens is 310 g/mol. The quantitative estimate of drug-likeness (QED) is 0.876. The van der Waals surface area contributed by atoms with Crippen molar-refractivity contribution in [2.45, 2.75) is 13.5 Å². The third-order valence-corrected chi connectivity index (χ3v) is 3.38. The van der Waals surface area contributed by atoms with Crippen molar-refractivity contribution in [1.82, 2.24) is 14.9 Å². The number of nitrogens with zero attached hydrogens (tertiary/aromatic N) is 2. The molecule has 0 spiro atoms. The molecule has 2 aromatic heterocycles. The molecule has 0 saturated heterocycles. The molecule has 102 valence electrons. The minimum Gasteiger partial charge on any atom is -0.462 e. The minimum atomic E-state index is -0.326. The predicted octanol–water partition coefficient (Wildman–Crippen LogP) is 2.23. The van der Waals surface area contributed by atoms with E-state index in [2.05, 4.69) is 26.2 Å². The van der Waals surface area contributed by atoms with Gasteiger partial charge in [-0.25, -0.2) is 4.79 Å². The zero-order chi connectivity index (χ0) is 14.0. The maximum atomic E-state index is 12.1. The normalized spacial score (nSPS) is 10.9. The van der Waals surface area contributed by atoms with Crippen LogP contribution >= 0.6 is 15.9 Å². The number of hydrogen-bond acceptors (Lipinski definition) is 4. The zero-order valence-corrected chi connectivity index (χ0v) is 12.7. The van der Waals surface area contributed by atoms with Crippen LogP contribution in [0.1, 0.15) is 23.0 Å². The van der Waals surface area contributed by atoms with E-state index in [-0.39, 0.29) is 5.97 Å². The molecule has 6 heteroatoms. The Hall–Kier alpha value is -1.40. The van der Waals surface area contributed by atoms with Crippen LogP contribution in [-0.2, 0) is 18.3 Å². The van der Waals surface area contributed by atoms with Gasteiger partial charge in [-0.3, -0.25) is 4.98 Å². The third kappa shape index (κ3) is 2.50. The first-order chi connectivity index (χ1) is 9.10. The van der Waals surface area contributed by atoms with Crippen molar-refractivity contribution in [3.8, 4) is 0 Å². The first-order valence-corrected chi connectivity index (χ1v) is 6.84. The van der Waals surface area contributed by atoms with Crippen LogP contribution in [0.2, 0.25) is 0 Å². The number of carbonyl (C=O) groups excluding carboxylic acids is 1. The monoisotopic (exact) mass is 325 g/mol. The van der Waals surface area contributed by atoms with Gasteiger partial charge in [-0.2, -0.15) is 0 Å². The summed E-state index contributed by atoms with van der Waals surface area (Å²) in [6.07, 6.45) is 1.69. The molecule has 0 saturated carbocycles. The summed E-state index contributed by atoms with van der Waals surface area (Å²) in [5.74, 6) is -0.326. The van der Waals surface area contributed by atoms with Gasteiger partial charge in [0.1, 0.15) is 11.1 Å². The second kappa shape index (κ2) is 5.71. The molecule has 0 aliphatic rings. The number of esters is 1. The SMILES string of the molecule is CCOC(=O)c1c(CNC)n(C)c2cc(Br)cnc12. The summed E-state index contributed by atoms with van der Waals surface area (Å²) >= 11 is 3.40. The summed E-state index contributed by atoms with van der Waals surface area (Å²) in [6, 6.07) is 1.95. The van der Waals surface area contributed by atoms with Crippen LogP contribution in [0.15, 0.2) is 16.7 Å². The van der Waals surface area contributed by atoms with Gasteiger partial charge in [-0.1, -0.05) is 0 Å². The van der Waals surface area contributed by atoms with Crippen molar-refractivity contribution < 1.29 is 9.53 Å². The van der Waals surface area contributed by atoms with Crippen LogP contribution in [0, 0.1) is 0 Å². The molecular formula is C13H16BrN3O2. The number of halogens is 1. The molecule has 0 aliphatic carbocycles. The lowest BCUT2D eigenvalue weighted by molar-refractivity contribution is 0.0526. The van der Waals surface area contributed by atoms with E-state index < -0.39 is 0 Å². The lowest BCUT2D eigenvalue weighted by Gasteiger charge is -2.06. The molecule has 0 unspecified atom stereocenters. The Morgan fingerprint density at radius 2 is 2.32 bits per heavy atom. The molecule has 19 heavy (non-hydrogen) atoms. The van der Waals surface area contributed by atoms with Crippen LogP contribution in [-0.4, -0.2) is 29.2 Å². The molecule has 0 bridgehead atoms. The fourth-order valence-corrected chi connectivity index (χ4v) is 2.44. The molecule has 0 radical (unpaired) electrons. The van der Waals surface area contributed by atoms with Crippen LogP contribution in [0.5, 0.6) is 0 Å². The van der Waals surface area contributed by atoms with E-state index in [1.807, 2.05) is 24.7 Å². The van der Waals surface area contributed by atoms with Crippen molar-refractivity contribution >= 4 is 32.9 Å². The van der Waals surface area contributed by atoms with Gasteiger partial charge < -0.3 is 14.6 Å². The number of ether oxygens (including phenoxy) is 1. The van der Waals surface area contributed by atoms with E-state index in [1.54, 1.807) is 13.1 Å². The number of nitrogens with one attached hydrogen (secondary N) is 1. The van der Waals surface area contributed by atoms with E-state index in [1.165, 1.54) is 0 Å². The second-order valence-corrected chi connectivity index (χ2v) is 5.07. The highest BCUT2D eigenvalue weighted by molar-refractivity contribution is 9.10. The predicted molar refractivity (Wildman–Crippen MR) is 77.1 cm³/mol. The van der Waals surface area contributed by atoms with Crippen molar-refractivity contribution in [2.24, 2.45) is 7.05 Å². The van der Waals surface area contributed by atoms with Crippen molar-refractivity contribution in [3.63, 3.8) is 0 Å². The highest BCUT2D eigenvalue weighted by Crippen LogP contribution is 2.26. The summed E-state index contributed by atoms with van der Waals surface area (Å²) in [5, 5.41) is 3.07. The van der Waals surface area contributed by atoms with Gasteiger partial charge in [0.2, 0.25) is 0 Å². The Labute approximate surface area is 120 Å². The minimum absolute atomic E-state index is 0.326. The van der Waals surface area contributed by atoms with Crippen molar-refractivity contribution in [1.29, 1.82) is 0 Å². The Kier molecular flexibility index (Phi) is 4.21. The standard InChI is InChI=1S/C13H16BrN3O2/c1-4-19-13(18)11-10(7-15-2)17(3)9-5-8(14)6-16-12(9)11/h5-6,15H,4,7H2,1-3H3. The van der Waals surface area contributed by atoms with Gasteiger partial charge in [0.15, 0.2) is 0 Å². The number of carbonyl (C=O) groups is 1.